The van der Waals surface area contributed by atoms with Gasteiger partial charge in [0, 0.05) is 11.9 Å². The standard InChI is InChI=1S/C14H21N3O2S/c1-3-5-6-7-8-9-20-14-16-10-11(12(15)17-14)13(18)19-4-2/h3,10H,1,4-9H2,2H3,(H2,15,16,17). The zero-order valence-corrected chi connectivity index (χ0v) is 12.6. The summed E-state index contributed by atoms with van der Waals surface area (Å²) in [7, 11) is 0. The van der Waals surface area contributed by atoms with Gasteiger partial charge in [-0.3, -0.25) is 0 Å². The van der Waals surface area contributed by atoms with E-state index in [9.17, 15) is 4.79 Å². The van der Waals surface area contributed by atoms with Gasteiger partial charge >= 0.3 is 5.97 Å². The Kier molecular flexibility index (Phi) is 7.72. The number of hydrogen-bond donors (Lipinski definition) is 1. The van der Waals surface area contributed by atoms with Crippen molar-refractivity contribution < 1.29 is 9.53 Å². The third-order valence-corrected chi connectivity index (χ3v) is 3.52. The van der Waals surface area contributed by atoms with E-state index in [4.69, 9.17) is 10.5 Å². The van der Waals surface area contributed by atoms with Crippen molar-refractivity contribution in [2.75, 3.05) is 18.1 Å². The lowest BCUT2D eigenvalue weighted by atomic mass is 10.2. The fourth-order valence-electron chi connectivity index (χ4n) is 1.54. The van der Waals surface area contributed by atoms with Crippen molar-refractivity contribution >= 4 is 23.5 Å². The van der Waals surface area contributed by atoms with Gasteiger partial charge in [-0.1, -0.05) is 24.3 Å². The van der Waals surface area contributed by atoms with Crippen LogP contribution in [0.4, 0.5) is 5.82 Å². The number of carbonyl (C=O) groups is 1. The number of hydrogen-bond acceptors (Lipinski definition) is 6. The zero-order valence-electron chi connectivity index (χ0n) is 11.8. The molecule has 0 aliphatic carbocycles. The first-order valence-corrected chi connectivity index (χ1v) is 7.71. The van der Waals surface area contributed by atoms with Gasteiger partial charge in [0.25, 0.3) is 0 Å². The maximum Gasteiger partial charge on any atom is 0.343 e. The molecule has 6 heteroatoms. The molecule has 0 aromatic carbocycles. The Morgan fingerprint density at radius 2 is 2.30 bits per heavy atom. The van der Waals surface area contributed by atoms with Crippen LogP contribution in [0.2, 0.25) is 0 Å². The van der Waals surface area contributed by atoms with Crippen LogP contribution >= 0.6 is 11.8 Å². The number of aromatic nitrogens is 2. The second kappa shape index (κ2) is 9.36. The average Bonchev–Trinajstić information content (AvgIpc) is 2.43. The number of esters is 1. The molecule has 0 radical (unpaired) electrons. The molecular formula is C14H21N3O2S. The lowest BCUT2D eigenvalue weighted by Gasteiger charge is -2.05. The number of carbonyl (C=O) groups excluding carboxylic acids is 1. The Balaban J connectivity index is 2.43. The van der Waals surface area contributed by atoms with E-state index in [0.717, 1.165) is 31.4 Å². The number of thioether (sulfide) groups is 1. The van der Waals surface area contributed by atoms with Crippen LogP contribution in [0.15, 0.2) is 24.0 Å². The molecule has 0 atom stereocenters. The Hall–Kier alpha value is -1.56. The number of ether oxygens (including phenoxy) is 1. The molecule has 5 nitrogen and oxygen atoms in total. The molecule has 0 bridgehead atoms. The van der Waals surface area contributed by atoms with Gasteiger partial charge in [0.05, 0.1) is 6.61 Å². The molecule has 0 saturated heterocycles. The van der Waals surface area contributed by atoms with Gasteiger partial charge in [-0.15, -0.1) is 6.58 Å². The molecule has 1 rings (SSSR count). The van der Waals surface area contributed by atoms with Crippen LogP contribution in [0.5, 0.6) is 0 Å². The SMILES string of the molecule is C=CCCCCCSc1ncc(C(=O)OCC)c(N)n1. The number of unbranched alkanes of at least 4 members (excludes halogenated alkanes) is 3. The van der Waals surface area contributed by atoms with Gasteiger partial charge < -0.3 is 10.5 Å². The fraction of sp³-hybridized carbons (Fsp3) is 0.500. The van der Waals surface area contributed by atoms with Crippen LogP contribution in [0.3, 0.4) is 0 Å². The maximum atomic E-state index is 11.5. The van der Waals surface area contributed by atoms with Gasteiger partial charge in [-0.05, 0) is 26.2 Å². The summed E-state index contributed by atoms with van der Waals surface area (Å²) in [6, 6.07) is 0. The van der Waals surface area contributed by atoms with Crippen LogP contribution < -0.4 is 5.73 Å². The first-order valence-electron chi connectivity index (χ1n) is 6.72. The molecule has 110 valence electrons. The number of allylic oxidation sites excluding steroid dienone is 1. The quantitative estimate of drug-likeness (QED) is 0.248. The molecule has 0 unspecified atom stereocenters. The summed E-state index contributed by atoms with van der Waals surface area (Å²) >= 11 is 1.55. The Morgan fingerprint density at radius 3 is 2.95 bits per heavy atom. The summed E-state index contributed by atoms with van der Waals surface area (Å²) in [5, 5.41) is 0.597. The van der Waals surface area contributed by atoms with Gasteiger partial charge in [0.2, 0.25) is 0 Å². The molecule has 0 aliphatic heterocycles. The normalized spacial score (nSPS) is 10.2. The van der Waals surface area contributed by atoms with Crippen molar-refractivity contribution in [2.24, 2.45) is 0 Å². The molecule has 0 amide bonds. The van der Waals surface area contributed by atoms with Gasteiger partial charge in [0.1, 0.15) is 11.4 Å². The number of nitrogens with zero attached hydrogens (tertiary/aromatic N) is 2. The van der Waals surface area contributed by atoms with E-state index in [0.29, 0.717) is 11.8 Å². The highest BCUT2D eigenvalue weighted by molar-refractivity contribution is 7.99. The second-order valence-electron chi connectivity index (χ2n) is 4.16. The third-order valence-electron chi connectivity index (χ3n) is 2.58. The van der Waals surface area contributed by atoms with E-state index in [2.05, 4.69) is 16.5 Å². The molecule has 1 aromatic rings. The Morgan fingerprint density at radius 1 is 1.50 bits per heavy atom. The molecule has 0 saturated carbocycles. The number of nitrogen functional groups attached to an aromatic ring is 1. The predicted molar refractivity (Wildman–Crippen MR) is 81.8 cm³/mol. The van der Waals surface area contributed by atoms with Crippen molar-refractivity contribution in [2.45, 2.75) is 37.8 Å². The Labute approximate surface area is 124 Å². The summed E-state index contributed by atoms with van der Waals surface area (Å²) in [5.74, 6) is 0.633. The zero-order chi connectivity index (χ0) is 14.8. The summed E-state index contributed by atoms with van der Waals surface area (Å²) in [5.41, 5.74) is 5.97. The minimum atomic E-state index is -0.481. The van der Waals surface area contributed by atoms with E-state index in [-0.39, 0.29) is 11.4 Å². The highest BCUT2D eigenvalue weighted by atomic mass is 32.2. The van der Waals surface area contributed by atoms with E-state index in [1.165, 1.54) is 6.20 Å². The smallest absolute Gasteiger partial charge is 0.343 e. The monoisotopic (exact) mass is 295 g/mol. The summed E-state index contributed by atoms with van der Waals surface area (Å²) in [4.78, 5) is 19.8. The molecule has 2 N–H and O–H groups in total. The average molecular weight is 295 g/mol. The van der Waals surface area contributed by atoms with Gasteiger partial charge in [0.15, 0.2) is 5.16 Å². The highest BCUT2D eigenvalue weighted by Gasteiger charge is 2.13. The largest absolute Gasteiger partial charge is 0.462 e. The Bertz CT molecular complexity index is 452. The van der Waals surface area contributed by atoms with Gasteiger partial charge in [-0.2, -0.15) is 0 Å². The predicted octanol–water partition coefficient (Wildman–Crippen LogP) is 3.07. The third kappa shape index (κ3) is 5.61. The van der Waals surface area contributed by atoms with Crippen LogP contribution in [0.25, 0.3) is 0 Å². The number of nitrogens with two attached hydrogens (primary N) is 1. The summed E-state index contributed by atoms with van der Waals surface area (Å²) < 4.78 is 4.87. The molecule has 0 aliphatic rings. The maximum absolute atomic E-state index is 11.5. The first kappa shape index (κ1) is 16.5. The molecule has 0 spiro atoms. The second-order valence-corrected chi connectivity index (χ2v) is 5.22. The van der Waals surface area contributed by atoms with E-state index >= 15 is 0 Å². The number of anilines is 1. The minimum Gasteiger partial charge on any atom is -0.462 e. The van der Waals surface area contributed by atoms with Crippen LogP contribution in [0, 0.1) is 0 Å². The van der Waals surface area contributed by atoms with E-state index in [1.54, 1.807) is 18.7 Å². The lowest BCUT2D eigenvalue weighted by Crippen LogP contribution is -2.10. The van der Waals surface area contributed by atoms with Crippen molar-refractivity contribution in [3.8, 4) is 0 Å². The van der Waals surface area contributed by atoms with Crippen LogP contribution in [-0.4, -0.2) is 28.3 Å². The van der Waals surface area contributed by atoms with E-state index in [1.807, 2.05) is 6.08 Å². The van der Waals surface area contributed by atoms with Crippen molar-refractivity contribution in [1.82, 2.24) is 9.97 Å². The molecule has 1 heterocycles. The molecule has 0 fully saturated rings. The van der Waals surface area contributed by atoms with E-state index < -0.39 is 5.97 Å². The first-order chi connectivity index (χ1) is 9.69. The minimum absolute atomic E-state index is 0.174. The molecule has 1 aromatic heterocycles. The molecular weight excluding hydrogens is 274 g/mol. The van der Waals surface area contributed by atoms with Gasteiger partial charge in [-0.25, -0.2) is 14.8 Å². The summed E-state index contributed by atoms with van der Waals surface area (Å²) in [6.45, 7) is 5.74. The molecule has 20 heavy (non-hydrogen) atoms. The van der Waals surface area contributed by atoms with Crippen molar-refractivity contribution in [1.29, 1.82) is 0 Å². The van der Waals surface area contributed by atoms with Crippen molar-refractivity contribution in [3.05, 3.63) is 24.4 Å². The topological polar surface area (TPSA) is 78.1 Å². The highest BCUT2D eigenvalue weighted by Crippen LogP contribution is 2.18. The summed E-state index contributed by atoms with van der Waals surface area (Å²) in [6.07, 6.45) is 7.85. The number of rotatable bonds is 9. The fourth-order valence-corrected chi connectivity index (χ4v) is 2.37. The lowest BCUT2D eigenvalue weighted by molar-refractivity contribution is 0.0526. The van der Waals surface area contributed by atoms with Crippen molar-refractivity contribution in [3.63, 3.8) is 0 Å². The van der Waals surface area contributed by atoms with Crippen LogP contribution in [-0.2, 0) is 4.74 Å². The van der Waals surface area contributed by atoms with Crippen LogP contribution in [0.1, 0.15) is 43.0 Å².